The van der Waals surface area contributed by atoms with E-state index in [9.17, 15) is 4.39 Å². The van der Waals surface area contributed by atoms with E-state index < -0.39 is 0 Å². The highest BCUT2D eigenvalue weighted by Crippen LogP contribution is 2.23. The number of aryl methyl sites for hydroxylation is 1. The average Bonchev–Trinajstić information content (AvgIpc) is 2.88. The van der Waals surface area contributed by atoms with Crippen LogP contribution in [0.5, 0.6) is 0 Å². The Bertz CT molecular complexity index is 761. The Morgan fingerprint density at radius 2 is 2.21 bits per heavy atom. The monoisotopic (exact) mass is 371 g/mol. The molecule has 98 valence electrons. The lowest BCUT2D eigenvalue weighted by Crippen LogP contribution is -2.08. The summed E-state index contributed by atoms with van der Waals surface area (Å²) in [6.45, 7) is 0.513. The zero-order chi connectivity index (χ0) is 13.6. The van der Waals surface area contributed by atoms with Crippen LogP contribution in [0.25, 0.3) is 11.0 Å². The number of hydrogen-bond acceptors (Lipinski definition) is 3. The van der Waals surface area contributed by atoms with Gasteiger partial charge in [0.25, 0.3) is 0 Å². The van der Waals surface area contributed by atoms with Gasteiger partial charge in [0.15, 0.2) is 0 Å². The van der Waals surface area contributed by atoms with E-state index in [1.165, 1.54) is 6.07 Å². The van der Waals surface area contributed by atoms with E-state index >= 15 is 0 Å². The SMILES string of the molecule is Cn1nccc1Cn1c(N)nc2cc(I)c(F)cc21. The Kier molecular flexibility index (Phi) is 2.92. The van der Waals surface area contributed by atoms with E-state index in [1.54, 1.807) is 21.5 Å². The number of rotatable bonds is 2. The van der Waals surface area contributed by atoms with Crippen molar-refractivity contribution in [2.24, 2.45) is 7.05 Å². The molecule has 3 aromatic rings. The average molecular weight is 371 g/mol. The van der Waals surface area contributed by atoms with Gasteiger partial charge in [0.1, 0.15) is 5.82 Å². The van der Waals surface area contributed by atoms with Crippen molar-refractivity contribution in [2.45, 2.75) is 6.54 Å². The van der Waals surface area contributed by atoms with Gasteiger partial charge in [-0.05, 0) is 34.7 Å². The fourth-order valence-corrected chi connectivity index (χ4v) is 2.47. The first-order chi connectivity index (χ1) is 9.06. The first-order valence-electron chi connectivity index (χ1n) is 5.64. The Morgan fingerprint density at radius 3 is 2.89 bits per heavy atom. The first-order valence-corrected chi connectivity index (χ1v) is 6.72. The molecule has 0 spiro atoms. The Balaban J connectivity index is 2.15. The molecular weight excluding hydrogens is 360 g/mol. The van der Waals surface area contributed by atoms with Crippen molar-refractivity contribution < 1.29 is 4.39 Å². The minimum absolute atomic E-state index is 0.265. The molecule has 0 radical (unpaired) electrons. The topological polar surface area (TPSA) is 61.7 Å². The molecule has 19 heavy (non-hydrogen) atoms. The minimum Gasteiger partial charge on any atom is -0.369 e. The van der Waals surface area contributed by atoms with E-state index in [4.69, 9.17) is 5.73 Å². The number of nitrogen functional groups attached to an aromatic ring is 1. The highest BCUT2D eigenvalue weighted by atomic mass is 127. The molecule has 3 rings (SSSR count). The summed E-state index contributed by atoms with van der Waals surface area (Å²) < 4.78 is 17.8. The normalized spacial score (nSPS) is 11.3. The van der Waals surface area contributed by atoms with Crippen molar-refractivity contribution in [2.75, 3.05) is 5.73 Å². The van der Waals surface area contributed by atoms with Crippen molar-refractivity contribution in [3.8, 4) is 0 Å². The summed E-state index contributed by atoms with van der Waals surface area (Å²) in [4.78, 5) is 4.26. The fraction of sp³-hybridized carbons (Fsp3) is 0.167. The number of benzene rings is 1. The standard InChI is InChI=1S/C12H11FIN5/c1-18-7(2-3-16-18)6-19-11-4-8(13)9(14)5-10(11)17-12(19)15/h2-5H,6H2,1H3,(H2,15,17). The van der Waals surface area contributed by atoms with Crippen molar-refractivity contribution in [3.05, 3.63) is 39.5 Å². The van der Waals surface area contributed by atoms with Gasteiger partial charge >= 0.3 is 0 Å². The summed E-state index contributed by atoms with van der Waals surface area (Å²) >= 11 is 1.94. The van der Waals surface area contributed by atoms with Crippen LogP contribution < -0.4 is 5.73 Å². The number of anilines is 1. The van der Waals surface area contributed by atoms with Crippen molar-refractivity contribution >= 4 is 39.6 Å². The highest BCUT2D eigenvalue weighted by molar-refractivity contribution is 14.1. The summed E-state index contributed by atoms with van der Waals surface area (Å²) in [5.41, 5.74) is 8.29. The number of halogens is 2. The smallest absolute Gasteiger partial charge is 0.201 e. The molecule has 0 atom stereocenters. The predicted octanol–water partition coefficient (Wildman–Crippen LogP) is 2.14. The summed E-state index contributed by atoms with van der Waals surface area (Å²) in [5.74, 6) is 0.108. The zero-order valence-corrected chi connectivity index (χ0v) is 12.3. The molecule has 1 aromatic carbocycles. The van der Waals surface area contributed by atoms with E-state index in [2.05, 4.69) is 10.1 Å². The van der Waals surface area contributed by atoms with Gasteiger partial charge in [-0.1, -0.05) is 0 Å². The van der Waals surface area contributed by atoms with E-state index in [-0.39, 0.29) is 5.82 Å². The fourth-order valence-electron chi connectivity index (χ4n) is 2.02. The second kappa shape index (κ2) is 4.48. The second-order valence-corrected chi connectivity index (χ2v) is 5.42. The number of imidazole rings is 1. The quantitative estimate of drug-likeness (QED) is 0.703. The lowest BCUT2D eigenvalue weighted by molar-refractivity contribution is 0.620. The van der Waals surface area contributed by atoms with Crippen LogP contribution in [0.2, 0.25) is 0 Å². The van der Waals surface area contributed by atoms with Crippen LogP contribution in [-0.4, -0.2) is 19.3 Å². The maximum Gasteiger partial charge on any atom is 0.201 e. The van der Waals surface area contributed by atoms with Gasteiger partial charge in [-0.2, -0.15) is 5.10 Å². The second-order valence-electron chi connectivity index (χ2n) is 4.26. The number of hydrogen-bond donors (Lipinski definition) is 1. The molecule has 0 saturated carbocycles. The molecule has 0 unspecified atom stereocenters. The number of fused-ring (bicyclic) bond motifs is 1. The van der Waals surface area contributed by atoms with Gasteiger partial charge in [0.2, 0.25) is 5.95 Å². The van der Waals surface area contributed by atoms with Gasteiger partial charge in [0.05, 0.1) is 26.8 Å². The molecule has 2 N–H and O–H groups in total. The van der Waals surface area contributed by atoms with E-state index in [0.717, 1.165) is 5.69 Å². The third kappa shape index (κ3) is 2.07. The Hall–Kier alpha value is -1.64. The number of nitrogens with zero attached hydrogens (tertiary/aromatic N) is 4. The third-order valence-electron chi connectivity index (χ3n) is 3.06. The van der Waals surface area contributed by atoms with Gasteiger partial charge in [0, 0.05) is 19.3 Å². The predicted molar refractivity (Wildman–Crippen MR) is 79.1 cm³/mol. The molecule has 2 aromatic heterocycles. The molecule has 0 amide bonds. The summed E-state index contributed by atoms with van der Waals surface area (Å²) in [6, 6.07) is 5.06. The molecule has 0 fully saturated rings. The van der Waals surface area contributed by atoms with Crippen molar-refractivity contribution in [3.63, 3.8) is 0 Å². The Labute approximate surface area is 122 Å². The number of nitrogens with two attached hydrogens (primary N) is 1. The van der Waals surface area contributed by atoms with Crippen LogP contribution in [0.15, 0.2) is 24.4 Å². The molecular formula is C12H11FIN5. The molecule has 0 aliphatic carbocycles. The molecule has 0 aliphatic rings. The molecule has 0 saturated heterocycles. The van der Waals surface area contributed by atoms with Gasteiger partial charge in [-0.15, -0.1) is 0 Å². The van der Waals surface area contributed by atoms with Gasteiger partial charge in [-0.25, -0.2) is 9.37 Å². The van der Waals surface area contributed by atoms with Crippen LogP contribution in [0.1, 0.15) is 5.69 Å². The van der Waals surface area contributed by atoms with Crippen LogP contribution in [0, 0.1) is 9.39 Å². The third-order valence-corrected chi connectivity index (χ3v) is 3.89. The summed E-state index contributed by atoms with van der Waals surface area (Å²) in [5, 5.41) is 4.11. The minimum atomic E-state index is -0.265. The van der Waals surface area contributed by atoms with Crippen LogP contribution in [0.3, 0.4) is 0 Å². The van der Waals surface area contributed by atoms with Crippen molar-refractivity contribution in [1.82, 2.24) is 19.3 Å². The Morgan fingerprint density at radius 1 is 1.42 bits per heavy atom. The molecule has 0 bridgehead atoms. The lowest BCUT2D eigenvalue weighted by atomic mass is 10.3. The zero-order valence-electron chi connectivity index (χ0n) is 10.1. The molecule has 0 aliphatic heterocycles. The first kappa shape index (κ1) is 12.4. The maximum absolute atomic E-state index is 13.7. The molecule has 5 nitrogen and oxygen atoms in total. The molecule has 7 heteroatoms. The van der Waals surface area contributed by atoms with E-state index in [0.29, 0.717) is 27.1 Å². The summed E-state index contributed by atoms with van der Waals surface area (Å²) in [7, 11) is 1.86. The van der Waals surface area contributed by atoms with Crippen LogP contribution in [-0.2, 0) is 13.6 Å². The summed E-state index contributed by atoms with van der Waals surface area (Å²) in [6.07, 6.45) is 1.72. The van der Waals surface area contributed by atoms with Gasteiger partial charge < -0.3 is 10.3 Å². The lowest BCUT2D eigenvalue weighted by Gasteiger charge is -2.07. The maximum atomic E-state index is 13.7. The highest BCUT2D eigenvalue weighted by Gasteiger charge is 2.13. The van der Waals surface area contributed by atoms with Crippen molar-refractivity contribution in [1.29, 1.82) is 0 Å². The van der Waals surface area contributed by atoms with Gasteiger partial charge in [-0.3, -0.25) is 4.68 Å². The van der Waals surface area contributed by atoms with Crippen LogP contribution >= 0.6 is 22.6 Å². The molecule has 2 heterocycles. The number of aromatic nitrogens is 4. The van der Waals surface area contributed by atoms with Crippen LogP contribution in [0.4, 0.5) is 10.3 Å². The van der Waals surface area contributed by atoms with E-state index in [1.807, 2.05) is 35.7 Å². The largest absolute Gasteiger partial charge is 0.369 e.